The summed E-state index contributed by atoms with van der Waals surface area (Å²) < 4.78 is 12.7. The highest BCUT2D eigenvalue weighted by molar-refractivity contribution is 6.30. The average molecular weight is 430 g/mol. The molecule has 2 aromatic carbocycles. The Morgan fingerprint density at radius 2 is 1.97 bits per heavy atom. The number of hydrogen-bond acceptors (Lipinski definition) is 4. The van der Waals surface area contributed by atoms with Crippen LogP contribution in [0.1, 0.15) is 16.8 Å². The molecule has 0 aliphatic heterocycles. The summed E-state index contributed by atoms with van der Waals surface area (Å²) in [4.78, 5) is 12.8. The van der Waals surface area contributed by atoms with Crippen molar-refractivity contribution in [2.75, 3.05) is 25.2 Å². The molecule has 30 heavy (non-hydrogen) atoms. The molecule has 0 aliphatic rings. The number of rotatable bonds is 9. The molecule has 8 heteroatoms. The lowest BCUT2D eigenvalue weighted by molar-refractivity contribution is 0.186. The van der Waals surface area contributed by atoms with Crippen molar-refractivity contribution in [3.05, 3.63) is 76.4 Å². The van der Waals surface area contributed by atoms with Crippen molar-refractivity contribution in [2.24, 2.45) is 0 Å². The van der Waals surface area contributed by atoms with E-state index in [1.165, 1.54) is 7.11 Å². The van der Waals surface area contributed by atoms with Crippen LogP contribution in [0.4, 0.5) is 10.6 Å². The van der Waals surface area contributed by atoms with Crippen LogP contribution < -0.4 is 9.64 Å². The number of ether oxygens (including phenoxy) is 2. The number of carboxylic acid groups (broad SMARTS) is 1. The molecule has 0 unspecified atom stereocenters. The van der Waals surface area contributed by atoms with Crippen LogP contribution in [-0.2, 0) is 17.9 Å². The maximum Gasteiger partial charge on any atom is 0.413 e. The fraction of sp³-hybridized carbons (Fsp3) is 0.273. The standard InChI is InChI=1S/C22H24ClN3O4/c1-16-12-21(25(22(27)28)10-11-29-2)24-26(16)14-18-13-19(23)8-9-20(18)30-15-17-6-4-3-5-7-17/h3-9,12-13H,10-11,14-15H2,1-2H3,(H,27,28). The Labute approximate surface area is 180 Å². The Balaban J connectivity index is 1.81. The first-order valence-corrected chi connectivity index (χ1v) is 9.84. The summed E-state index contributed by atoms with van der Waals surface area (Å²) >= 11 is 6.21. The van der Waals surface area contributed by atoms with E-state index in [1.807, 2.05) is 49.4 Å². The minimum Gasteiger partial charge on any atom is -0.489 e. The predicted molar refractivity (Wildman–Crippen MR) is 116 cm³/mol. The second-order valence-electron chi connectivity index (χ2n) is 6.75. The van der Waals surface area contributed by atoms with Crippen LogP contribution in [0.3, 0.4) is 0 Å². The topological polar surface area (TPSA) is 76.8 Å². The summed E-state index contributed by atoms with van der Waals surface area (Å²) in [6, 6.07) is 17.1. The van der Waals surface area contributed by atoms with Crippen LogP contribution in [-0.4, -0.2) is 41.2 Å². The molecule has 158 valence electrons. The second kappa shape index (κ2) is 10.1. The molecule has 1 aromatic heterocycles. The second-order valence-corrected chi connectivity index (χ2v) is 7.19. The van der Waals surface area contributed by atoms with E-state index in [0.29, 0.717) is 29.7 Å². The summed E-state index contributed by atoms with van der Waals surface area (Å²) in [6.07, 6.45) is -1.08. The first kappa shape index (κ1) is 21.7. The summed E-state index contributed by atoms with van der Waals surface area (Å²) in [6.45, 7) is 3.19. The van der Waals surface area contributed by atoms with Gasteiger partial charge in [0.15, 0.2) is 5.82 Å². The summed E-state index contributed by atoms with van der Waals surface area (Å²) in [5.74, 6) is 1.06. The SMILES string of the molecule is COCCN(C(=O)O)c1cc(C)n(Cc2cc(Cl)ccc2OCc2ccccc2)n1. The number of nitrogens with zero attached hydrogens (tertiary/aromatic N) is 3. The smallest absolute Gasteiger partial charge is 0.413 e. The Kier molecular flexibility index (Phi) is 7.32. The van der Waals surface area contributed by atoms with Gasteiger partial charge < -0.3 is 14.6 Å². The van der Waals surface area contributed by atoms with Gasteiger partial charge in [-0.15, -0.1) is 0 Å². The average Bonchev–Trinajstić information content (AvgIpc) is 3.08. The predicted octanol–water partition coefficient (Wildman–Crippen LogP) is 4.60. The maximum absolute atomic E-state index is 11.6. The monoisotopic (exact) mass is 429 g/mol. The fourth-order valence-electron chi connectivity index (χ4n) is 2.98. The van der Waals surface area contributed by atoms with E-state index in [1.54, 1.807) is 16.8 Å². The molecule has 0 aliphatic carbocycles. The molecule has 0 saturated heterocycles. The molecular weight excluding hydrogens is 406 g/mol. The number of halogens is 1. The Morgan fingerprint density at radius 1 is 1.20 bits per heavy atom. The molecule has 0 atom stereocenters. The van der Waals surface area contributed by atoms with Gasteiger partial charge in [-0.2, -0.15) is 5.10 Å². The highest BCUT2D eigenvalue weighted by Gasteiger charge is 2.19. The van der Waals surface area contributed by atoms with E-state index in [2.05, 4.69) is 5.10 Å². The Hall–Kier alpha value is -3.03. The van der Waals surface area contributed by atoms with Crippen molar-refractivity contribution >= 4 is 23.5 Å². The third-order valence-corrected chi connectivity index (χ3v) is 4.81. The van der Waals surface area contributed by atoms with Crippen molar-refractivity contribution in [1.82, 2.24) is 9.78 Å². The molecule has 1 amide bonds. The quantitative estimate of drug-likeness (QED) is 0.537. The minimum absolute atomic E-state index is 0.199. The van der Waals surface area contributed by atoms with Gasteiger partial charge in [0.25, 0.3) is 0 Å². The maximum atomic E-state index is 11.6. The van der Waals surface area contributed by atoms with Gasteiger partial charge in [0.1, 0.15) is 12.4 Å². The first-order valence-electron chi connectivity index (χ1n) is 9.47. The number of aromatic nitrogens is 2. The molecule has 7 nitrogen and oxygen atoms in total. The zero-order valence-corrected chi connectivity index (χ0v) is 17.7. The molecule has 0 saturated carbocycles. The minimum atomic E-state index is -1.08. The molecule has 1 heterocycles. The number of anilines is 1. The molecule has 0 spiro atoms. The third kappa shape index (κ3) is 5.52. The lowest BCUT2D eigenvalue weighted by Gasteiger charge is -2.16. The highest BCUT2D eigenvalue weighted by Crippen LogP contribution is 2.26. The summed E-state index contributed by atoms with van der Waals surface area (Å²) in [5.41, 5.74) is 2.74. The number of methoxy groups -OCH3 is 1. The molecule has 1 N–H and O–H groups in total. The van der Waals surface area contributed by atoms with Crippen LogP contribution in [0.5, 0.6) is 5.75 Å². The van der Waals surface area contributed by atoms with Gasteiger partial charge in [0.2, 0.25) is 0 Å². The number of aryl methyl sites for hydroxylation is 1. The Morgan fingerprint density at radius 3 is 2.67 bits per heavy atom. The lowest BCUT2D eigenvalue weighted by atomic mass is 10.2. The van der Waals surface area contributed by atoms with Gasteiger partial charge in [-0.3, -0.25) is 9.58 Å². The number of hydrogen-bond donors (Lipinski definition) is 1. The molecule has 0 radical (unpaired) electrons. The van der Waals surface area contributed by atoms with Crippen molar-refractivity contribution in [1.29, 1.82) is 0 Å². The van der Waals surface area contributed by atoms with Crippen LogP contribution in [0.25, 0.3) is 0 Å². The van der Waals surface area contributed by atoms with Crippen molar-refractivity contribution in [3.8, 4) is 5.75 Å². The molecule has 3 aromatic rings. The van der Waals surface area contributed by atoms with Gasteiger partial charge in [-0.25, -0.2) is 4.79 Å². The first-order chi connectivity index (χ1) is 14.5. The van der Waals surface area contributed by atoms with Crippen LogP contribution in [0, 0.1) is 6.92 Å². The van der Waals surface area contributed by atoms with E-state index >= 15 is 0 Å². The zero-order chi connectivity index (χ0) is 21.5. The number of amides is 1. The van der Waals surface area contributed by atoms with Gasteiger partial charge >= 0.3 is 6.09 Å². The Bertz CT molecular complexity index is 991. The number of benzene rings is 2. The summed E-state index contributed by atoms with van der Waals surface area (Å²) in [7, 11) is 1.53. The molecule has 0 fully saturated rings. The van der Waals surface area contributed by atoms with E-state index in [-0.39, 0.29) is 13.2 Å². The van der Waals surface area contributed by atoms with Gasteiger partial charge in [-0.05, 0) is 30.7 Å². The summed E-state index contributed by atoms with van der Waals surface area (Å²) in [5, 5.41) is 14.6. The third-order valence-electron chi connectivity index (χ3n) is 4.57. The van der Waals surface area contributed by atoms with E-state index in [0.717, 1.165) is 21.7 Å². The van der Waals surface area contributed by atoms with Crippen molar-refractivity contribution in [2.45, 2.75) is 20.1 Å². The van der Waals surface area contributed by atoms with Gasteiger partial charge in [0.05, 0.1) is 19.7 Å². The van der Waals surface area contributed by atoms with E-state index in [9.17, 15) is 9.90 Å². The van der Waals surface area contributed by atoms with E-state index in [4.69, 9.17) is 21.1 Å². The van der Waals surface area contributed by atoms with Crippen LogP contribution >= 0.6 is 11.6 Å². The van der Waals surface area contributed by atoms with Crippen LogP contribution in [0.15, 0.2) is 54.6 Å². The number of carbonyl (C=O) groups is 1. The molecule has 3 rings (SSSR count). The highest BCUT2D eigenvalue weighted by atomic mass is 35.5. The van der Waals surface area contributed by atoms with Crippen LogP contribution in [0.2, 0.25) is 5.02 Å². The largest absolute Gasteiger partial charge is 0.489 e. The zero-order valence-electron chi connectivity index (χ0n) is 16.9. The van der Waals surface area contributed by atoms with Crippen molar-refractivity contribution in [3.63, 3.8) is 0 Å². The molecular formula is C22H24ClN3O4. The fourth-order valence-corrected chi connectivity index (χ4v) is 3.18. The normalized spacial score (nSPS) is 10.8. The lowest BCUT2D eigenvalue weighted by Crippen LogP contribution is -2.32. The van der Waals surface area contributed by atoms with Gasteiger partial charge in [-0.1, -0.05) is 41.9 Å². The van der Waals surface area contributed by atoms with Crippen molar-refractivity contribution < 1.29 is 19.4 Å². The van der Waals surface area contributed by atoms with E-state index < -0.39 is 6.09 Å². The van der Waals surface area contributed by atoms with Gasteiger partial charge in [0, 0.05) is 29.5 Å². The molecule has 0 bridgehead atoms.